The zero-order chi connectivity index (χ0) is 13.6. The number of hydrogen-bond donors (Lipinski definition) is 3. The van der Waals surface area contributed by atoms with E-state index < -0.39 is 18.4 Å². The number of nitrogens with two attached hydrogens (primary N) is 1. The van der Waals surface area contributed by atoms with Crippen LogP contribution in [-0.4, -0.2) is 39.6 Å². The monoisotopic (exact) mass is 271 g/mol. The van der Waals surface area contributed by atoms with Crippen molar-refractivity contribution in [3.63, 3.8) is 0 Å². The van der Waals surface area contributed by atoms with Crippen LogP contribution in [0.25, 0.3) is 0 Å². The van der Waals surface area contributed by atoms with E-state index in [0.29, 0.717) is 12.8 Å². The van der Waals surface area contributed by atoms with Gasteiger partial charge in [-0.2, -0.15) is 5.12 Å². The molecule has 1 fully saturated rings. The number of nitrogens with one attached hydrogen (secondary N) is 1. The number of rotatable bonds is 2. The average molecular weight is 271 g/mol. The smallest absolute Gasteiger partial charge is 0.276 e. The van der Waals surface area contributed by atoms with Crippen molar-refractivity contribution in [1.82, 2.24) is 14.9 Å². The minimum atomic E-state index is -1.24. The summed E-state index contributed by atoms with van der Waals surface area (Å²) in [5, 5.41) is 11.5. The molecule has 104 valence electrons. The second-order valence-electron chi connectivity index (χ2n) is 4.53. The number of imidazole rings is 1. The van der Waals surface area contributed by atoms with Gasteiger partial charge < -0.3 is 15.2 Å². The number of hydrogen-bond acceptors (Lipinski definition) is 6. The Hall–Kier alpha value is -1.71. The summed E-state index contributed by atoms with van der Waals surface area (Å²) in [4.78, 5) is 15.5. The molecule has 2 aliphatic rings. The van der Waals surface area contributed by atoms with Crippen molar-refractivity contribution < 1.29 is 19.1 Å². The van der Waals surface area contributed by atoms with Crippen LogP contribution in [-0.2, 0) is 4.74 Å². The summed E-state index contributed by atoms with van der Waals surface area (Å²) >= 11 is 0. The van der Waals surface area contributed by atoms with E-state index in [1.54, 1.807) is 0 Å². The van der Waals surface area contributed by atoms with E-state index in [1.807, 2.05) is 0 Å². The predicted octanol–water partition coefficient (Wildman–Crippen LogP) is -0.770. The van der Waals surface area contributed by atoms with E-state index in [9.17, 15) is 9.28 Å². The van der Waals surface area contributed by atoms with Crippen LogP contribution in [0, 0.1) is 0 Å². The average Bonchev–Trinajstić information content (AvgIpc) is 3.02. The van der Waals surface area contributed by atoms with Crippen molar-refractivity contribution >= 4 is 11.7 Å². The van der Waals surface area contributed by atoms with E-state index in [2.05, 4.69) is 10.3 Å². The lowest BCUT2D eigenvalue weighted by Gasteiger charge is -2.28. The molecule has 0 saturated carbocycles. The summed E-state index contributed by atoms with van der Waals surface area (Å²) < 4.78 is 21.0. The number of aliphatic hydroxyl groups excluding tert-OH is 1. The molecule has 1 aromatic heterocycles. The van der Waals surface area contributed by atoms with Gasteiger partial charge in [-0.1, -0.05) is 4.48 Å². The topological polar surface area (TPSA) is 106 Å². The first-order valence-corrected chi connectivity index (χ1v) is 5.96. The first-order chi connectivity index (χ1) is 9.11. The highest BCUT2D eigenvalue weighted by Crippen LogP contribution is 2.34. The number of fused-ring (bicyclic) bond motifs is 1. The maximum Gasteiger partial charge on any atom is 0.276 e. The first-order valence-electron chi connectivity index (χ1n) is 5.96. The van der Waals surface area contributed by atoms with Crippen LogP contribution in [0.1, 0.15) is 29.6 Å². The van der Waals surface area contributed by atoms with Crippen molar-refractivity contribution in [3.05, 3.63) is 12.0 Å². The van der Waals surface area contributed by atoms with Gasteiger partial charge in [-0.3, -0.25) is 15.1 Å². The Bertz CT molecular complexity index is 507. The Morgan fingerprint density at radius 2 is 2.42 bits per heavy atom. The van der Waals surface area contributed by atoms with Crippen LogP contribution in [0.4, 0.5) is 10.3 Å². The van der Waals surface area contributed by atoms with E-state index in [0.717, 1.165) is 0 Å². The number of anilines is 1. The van der Waals surface area contributed by atoms with Crippen molar-refractivity contribution in [2.75, 3.05) is 11.7 Å². The van der Waals surface area contributed by atoms with Gasteiger partial charge in [-0.15, -0.1) is 0 Å². The molecular weight excluding hydrogens is 257 g/mol. The third kappa shape index (κ3) is 1.86. The highest BCUT2D eigenvalue weighted by Gasteiger charge is 2.37. The summed E-state index contributed by atoms with van der Waals surface area (Å²) in [7, 11) is 0. The molecule has 2 aliphatic heterocycles. The summed E-state index contributed by atoms with van der Waals surface area (Å²) in [5.41, 5.74) is 5.43. The minimum absolute atomic E-state index is 0.0140. The molecule has 1 unspecified atom stereocenters. The Labute approximate surface area is 107 Å². The van der Waals surface area contributed by atoms with Crippen LogP contribution in [0.5, 0.6) is 0 Å². The zero-order valence-corrected chi connectivity index (χ0v) is 9.99. The molecule has 1 amide bonds. The summed E-state index contributed by atoms with van der Waals surface area (Å²) in [6, 6.07) is 0. The second-order valence-corrected chi connectivity index (χ2v) is 4.53. The molecule has 9 heteroatoms. The molecule has 1 saturated heterocycles. The number of nitrogens with zero attached hydrogens (tertiary/aromatic N) is 3. The van der Waals surface area contributed by atoms with Gasteiger partial charge in [0.15, 0.2) is 17.8 Å². The summed E-state index contributed by atoms with van der Waals surface area (Å²) in [6.07, 6.45) is 0.647. The standard InChI is InChI=1S/C10H14FN5O3/c11-16-9-7(8(18)14-10(16)12)13-4-15(9)6-2-1-5(3-17)19-6/h4-6,10,17H,1-3,12H2,(H,14,18)/t5-,6+,10?/m0/s1. The van der Waals surface area contributed by atoms with Crippen LogP contribution in [0.2, 0.25) is 0 Å². The molecule has 3 rings (SSSR count). The fourth-order valence-electron chi connectivity index (χ4n) is 2.35. The molecule has 3 heterocycles. The SMILES string of the molecule is NC1NC(=O)c2ncn([C@H]3CC[C@@H](CO)O3)c2N1F. The normalized spacial score (nSPS) is 30.4. The maximum atomic E-state index is 14.0. The lowest BCUT2D eigenvalue weighted by atomic mass is 10.2. The van der Waals surface area contributed by atoms with Crippen LogP contribution in [0.15, 0.2) is 6.33 Å². The molecule has 1 aromatic rings. The van der Waals surface area contributed by atoms with E-state index in [-0.39, 0.29) is 29.3 Å². The van der Waals surface area contributed by atoms with Crippen LogP contribution in [0.3, 0.4) is 0 Å². The predicted molar refractivity (Wildman–Crippen MR) is 61.5 cm³/mol. The van der Waals surface area contributed by atoms with E-state index in [1.165, 1.54) is 10.9 Å². The molecule has 3 atom stereocenters. The lowest BCUT2D eigenvalue weighted by molar-refractivity contribution is -0.0224. The number of amides is 1. The number of carbonyl (C=O) groups excluding carboxylic acids is 1. The van der Waals surface area contributed by atoms with Crippen molar-refractivity contribution in [2.24, 2.45) is 5.73 Å². The Morgan fingerprint density at radius 3 is 3.11 bits per heavy atom. The van der Waals surface area contributed by atoms with E-state index in [4.69, 9.17) is 15.6 Å². The number of carbonyl (C=O) groups is 1. The zero-order valence-electron chi connectivity index (χ0n) is 9.99. The largest absolute Gasteiger partial charge is 0.394 e. The fourth-order valence-corrected chi connectivity index (χ4v) is 2.35. The summed E-state index contributed by atoms with van der Waals surface area (Å²) in [6.45, 7) is -0.0905. The molecule has 19 heavy (non-hydrogen) atoms. The molecule has 4 N–H and O–H groups in total. The van der Waals surface area contributed by atoms with Crippen LogP contribution < -0.4 is 16.2 Å². The van der Waals surface area contributed by atoms with Gasteiger partial charge in [-0.25, -0.2) is 4.98 Å². The fraction of sp³-hybridized carbons (Fsp3) is 0.600. The number of aliphatic hydroxyl groups is 1. The molecule has 0 aliphatic carbocycles. The van der Waals surface area contributed by atoms with Gasteiger partial charge in [-0.05, 0) is 12.8 Å². The molecule has 8 nitrogen and oxygen atoms in total. The van der Waals surface area contributed by atoms with E-state index >= 15 is 0 Å². The highest BCUT2D eigenvalue weighted by atomic mass is 19.2. The van der Waals surface area contributed by atoms with Gasteiger partial charge in [0.25, 0.3) is 5.91 Å². The van der Waals surface area contributed by atoms with Gasteiger partial charge in [0.05, 0.1) is 19.0 Å². The number of halogens is 1. The minimum Gasteiger partial charge on any atom is -0.394 e. The number of ether oxygens (including phenoxy) is 1. The third-order valence-corrected chi connectivity index (χ3v) is 3.31. The lowest BCUT2D eigenvalue weighted by Crippen LogP contribution is -2.55. The Kier molecular flexibility index (Phi) is 2.88. The van der Waals surface area contributed by atoms with Gasteiger partial charge in [0.2, 0.25) is 0 Å². The summed E-state index contributed by atoms with van der Waals surface area (Å²) in [5.74, 6) is -0.535. The molecule has 0 aromatic carbocycles. The van der Waals surface area contributed by atoms with Crippen molar-refractivity contribution in [2.45, 2.75) is 31.5 Å². The number of aromatic nitrogens is 2. The maximum absolute atomic E-state index is 14.0. The molecule has 0 bridgehead atoms. The quantitative estimate of drug-likeness (QED) is 0.610. The van der Waals surface area contributed by atoms with Gasteiger partial charge in [0, 0.05) is 0 Å². The van der Waals surface area contributed by atoms with Crippen LogP contribution >= 0.6 is 0 Å². The highest BCUT2D eigenvalue weighted by molar-refractivity contribution is 5.99. The Balaban J connectivity index is 1.94. The van der Waals surface area contributed by atoms with Gasteiger partial charge >= 0.3 is 0 Å². The Morgan fingerprint density at radius 1 is 1.63 bits per heavy atom. The molecular formula is C10H14FN5O3. The van der Waals surface area contributed by atoms with Crippen molar-refractivity contribution in [1.29, 1.82) is 0 Å². The second kappa shape index (κ2) is 4.44. The molecule has 0 radical (unpaired) electrons. The first kappa shape index (κ1) is 12.3. The molecule has 0 spiro atoms. The van der Waals surface area contributed by atoms with Crippen molar-refractivity contribution in [3.8, 4) is 0 Å². The third-order valence-electron chi connectivity index (χ3n) is 3.31. The van der Waals surface area contributed by atoms with Gasteiger partial charge in [0.1, 0.15) is 6.23 Å².